The second-order valence-electron chi connectivity index (χ2n) is 5.08. The molecular formula is C15H21BrN2O2. The van der Waals surface area contributed by atoms with E-state index < -0.39 is 6.10 Å². The third-order valence-corrected chi connectivity index (χ3v) is 4.00. The second kappa shape index (κ2) is 7.09. The van der Waals surface area contributed by atoms with Crippen LogP contribution in [0.1, 0.15) is 25.3 Å². The molecule has 0 spiro atoms. The molecule has 1 atom stereocenters. The van der Waals surface area contributed by atoms with Crippen molar-refractivity contribution in [2.24, 2.45) is 5.73 Å². The van der Waals surface area contributed by atoms with Crippen LogP contribution in [0.15, 0.2) is 22.7 Å². The highest BCUT2D eigenvalue weighted by atomic mass is 79.9. The zero-order valence-corrected chi connectivity index (χ0v) is 13.4. The fourth-order valence-electron chi connectivity index (χ4n) is 2.45. The highest BCUT2D eigenvalue weighted by Gasteiger charge is 2.25. The molecule has 1 fully saturated rings. The Bertz CT molecular complexity index is 473. The molecular weight excluding hydrogens is 320 g/mol. The van der Waals surface area contributed by atoms with E-state index in [-0.39, 0.29) is 5.91 Å². The smallest absolute Gasteiger partial charge is 0.263 e. The van der Waals surface area contributed by atoms with Crippen LogP contribution in [0, 0.1) is 0 Å². The summed E-state index contributed by atoms with van der Waals surface area (Å²) in [5.74, 6) is 0.822. The van der Waals surface area contributed by atoms with Crippen molar-refractivity contribution in [3.8, 4) is 5.75 Å². The van der Waals surface area contributed by atoms with Gasteiger partial charge in [0.05, 0.1) is 0 Å². The monoisotopic (exact) mass is 340 g/mol. The number of halogens is 1. The minimum Gasteiger partial charge on any atom is -0.481 e. The van der Waals surface area contributed by atoms with Gasteiger partial charge >= 0.3 is 0 Å². The molecule has 5 heteroatoms. The van der Waals surface area contributed by atoms with E-state index >= 15 is 0 Å². The Balaban J connectivity index is 2.06. The summed E-state index contributed by atoms with van der Waals surface area (Å²) in [6.45, 7) is 4.07. The minimum atomic E-state index is -0.453. The lowest BCUT2D eigenvalue weighted by atomic mass is 10.1. The van der Waals surface area contributed by atoms with E-state index in [1.54, 1.807) is 0 Å². The number of ether oxygens (including phenoxy) is 1. The lowest BCUT2D eigenvalue weighted by molar-refractivity contribution is -0.136. The van der Waals surface area contributed by atoms with Gasteiger partial charge < -0.3 is 15.4 Å². The molecule has 1 amide bonds. The van der Waals surface area contributed by atoms with Gasteiger partial charge in [-0.1, -0.05) is 15.9 Å². The number of hydrogen-bond donors (Lipinski definition) is 1. The van der Waals surface area contributed by atoms with Crippen molar-refractivity contribution in [3.63, 3.8) is 0 Å². The molecule has 20 heavy (non-hydrogen) atoms. The van der Waals surface area contributed by atoms with Crippen LogP contribution in [-0.2, 0) is 11.2 Å². The van der Waals surface area contributed by atoms with Crippen molar-refractivity contribution in [1.82, 2.24) is 4.90 Å². The summed E-state index contributed by atoms with van der Waals surface area (Å²) in [4.78, 5) is 14.1. The summed E-state index contributed by atoms with van der Waals surface area (Å²) in [6.07, 6.45) is 2.47. The molecule has 0 aliphatic carbocycles. The molecule has 0 bridgehead atoms. The van der Waals surface area contributed by atoms with E-state index in [1.165, 1.54) is 0 Å². The molecule has 1 saturated heterocycles. The molecule has 1 heterocycles. The fourth-order valence-corrected chi connectivity index (χ4v) is 2.86. The molecule has 0 saturated carbocycles. The summed E-state index contributed by atoms with van der Waals surface area (Å²) >= 11 is 3.44. The molecule has 1 aliphatic rings. The van der Waals surface area contributed by atoms with Crippen LogP contribution in [0.4, 0.5) is 0 Å². The van der Waals surface area contributed by atoms with Crippen molar-refractivity contribution in [1.29, 1.82) is 0 Å². The van der Waals surface area contributed by atoms with Gasteiger partial charge in [-0.15, -0.1) is 0 Å². The standard InChI is InChI=1S/C15H21BrN2O2/c1-11(15(19)18-8-2-3-9-18)20-14-5-4-13(16)10-12(14)6-7-17/h4-5,10-11H,2-3,6-9,17H2,1H3. The Morgan fingerprint density at radius 2 is 2.15 bits per heavy atom. The molecule has 0 aromatic heterocycles. The highest BCUT2D eigenvalue weighted by molar-refractivity contribution is 9.10. The summed E-state index contributed by atoms with van der Waals surface area (Å²) in [5, 5.41) is 0. The number of carbonyl (C=O) groups excluding carboxylic acids is 1. The van der Waals surface area contributed by atoms with Crippen molar-refractivity contribution >= 4 is 21.8 Å². The third-order valence-electron chi connectivity index (χ3n) is 3.51. The predicted molar refractivity (Wildman–Crippen MR) is 82.8 cm³/mol. The summed E-state index contributed by atoms with van der Waals surface area (Å²) in [7, 11) is 0. The fraction of sp³-hybridized carbons (Fsp3) is 0.533. The highest BCUT2D eigenvalue weighted by Crippen LogP contribution is 2.25. The number of nitrogens with zero attached hydrogens (tertiary/aromatic N) is 1. The van der Waals surface area contributed by atoms with Crippen molar-refractivity contribution in [3.05, 3.63) is 28.2 Å². The SMILES string of the molecule is CC(Oc1ccc(Br)cc1CCN)C(=O)N1CCCC1. The van der Waals surface area contributed by atoms with Crippen LogP contribution in [-0.4, -0.2) is 36.5 Å². The van der Waals surface area contributed by atoms with E-state index in [0.29, 0.717) is 6.54 Å². The number of rotatable bonds is 5. The zero-order valence-electron chi connectivity index (χ0n) is 11.8. The zero-order chi connectivity index (χ0) is 14.5. The number of benzene rings is 1. The van der Waals surface area contributed by atoms with Crippen molar-refractivity contribution in [2.45, 2.75) is 32.3 Å². The van der Waals surface area contributed by atoms with E-state index in [0.717, 1.165) is 48.1 Å². The van der Waals surface area contributed by atoms with Gasteiger partial charge in [0.2, 0.25) is 0 Å². The largest absolute Gasteiger partial charge is 0.481 e. The maximum Gasteiger partial charge on any atom is 0.263 e. The maximum absolute atomic E-state index is 12.3. The second-order valence-corrected chi connectivity index (χ2v) is 6.00. The lowest BCUT2D eigenvalue weighted by Crippen LogP contribution is -2.38. The molecule has 4 nitrogen and oxygen atoms in total. The Kier molecular flexibility index (Phi) is 5.43. The van der Waals surface area contributed by atoms with Gasteiger partial charge in [0.15, 0.2) is 6.10 Å². The van der Waals surface area contributed by atoms with E-state index in [9.17, 15) is 4.79 Å². The van der Waals surface area contributed by atoms with E-state index in [2.05, 4.69) is 15.9 Å². The molecule has 0 radical (unpaired) electrons. The lowest BCUT2D eigenvalue weighted by Gasteiger charge is -2.22. The topological polar surface area (TPSA) is 55.6 Å². The van der Waals surface area contributed by atoms with Gasteiger partial charge in [-0.05, 0) is 56.5 Å². The van der Waals surface area contributed by atoms with Crippen LogP contribution in [0.2, 0.25) is 0 Å². The third kappa shape index (κ3) is 3.73. The van der Waals surface area contributed by atoms with Gasteiger partial charge in [-0.25, -0.2) is 0 Å². The number of amides is 1. The Hall–Kier alpha value is -1.07. The van der Waals surface area contributed by atoms with Crippen LogP contribution >= 0.6 is 15.9 Å². The molecule has 1 unspecified atom stereocenters. The number of nitrogens with two attached hydrogens (primary N) is 1. The first kappa shape index (κ1) is 15.3. The first-order valence-corrected chi connectivity index (χ1v) is 7.85. The van der Waals surface area contributed by atoms with Crippen LogP contribution < -0.4 is 10.5 Å². The maximum atomic E-state index is 12.3. The summed E-state index contributed by atoms with van der Waals surface area (Å²) in [6, 6.07) is 5.81. The molecule has 1 aromatic carbocycles. The van der Waals surface area contributed by atoms with Crippen LogP contribution in [0.25, 0.3) is 0 Å². The molecule has 2 rings (SSSR count). The molecule has 1 aromatic rings. The Morgan fingerprint density at radius 1 is 1.45 bits per heavy atom. The van der Waals surface area contributed by atoms with Crippen LogP contribution in [0.3, 0.4) is 0 Å². The first-order valence-electron chi connectivity index (χ1n) is 7.05. The minimum absolute atomic E-state index is 0.0733. The predicted octanol–water partition coefficient (Wildman–Crippen LogP) is 2.34. The summed E-state index contributed by atoms with van der Waals surface area (Å²) < 4.78 is 6.85. The van der Waals surface area contributed by atoms with Crippen molar-refractivity contribution in [2.75, 3.05) is 19.6 Å². The van der Waals surface area contributed by atoms with E-state index in [1.807, 2.05) is 30.0 Å². The van der Waals surface area contributed by atoms with Gasteiger partial charge in [0, 0.05) is 17.6 Å². The van der Waals surface area contributed by atoms with Crippen LogP contribution in [0.5, 0.6) is 5.75 Å². The first-order chi connectivity index (χ1) is 9.61. The average molecular weight is 341 g/mol. The van der Waals surface area contributed by atoms with Gasteiger partial charge in [-0.2, -0.15) is 0 Å². The van der Waals surface area contributed by atoms with Crippen molar-refractivity contribution < 1.29 is 9.53 Å². The van der Waals surface area contributed by atoms with Gasteiger partial charge in [0.1, 0.15) is 5.75 Å². The molecule has 2 N–H and O–H groups in total. The Labute approximate surface area is 128 Å². The quantitative estimate of drug-likeness (QED) is 0.894. The Morgan fingerprint density at radius 3 is 2.80 bits per heavy atom. The molecule has 110 valence electrons. The normalized spacial score (nSPS) is 16.2. The number of hydrogen-bond acceptors (Lipinski definition) is 3. The number of likely N-dealkylation sites (tertiary alicyclic amines) is 1. The molecule has 1 aliphatic heterocycles. The van der Waals surface area contributed by atoms with Gasteiger partial charge in [0.25, 0.3) is 5.91 Å². The summed E-state index contributed by atoms with van der Waals surface area (Å²) in [5.41, 5.74) is 6.65. The van der Waals surface area contributed by atoms with E-state index in [4.69, 9.17) is 10.5 Å². The average Bonchev–Trinajstić information content (AvgIpc) is 2.95. The van der Waals surface area contributed by atoms with Gasteiger partial charge in [-0.3, -0.25) is 4.79 Å². The number of carbonyl (C=O) groups is 1.